The van der Waals surface area contributed by atoms with Crippen molar-refractivity contribution in [1.29, 1.82) is 0 Å². The van der Waals surface area contributed by atoms with Crippen LogP contribution in [0.5, 0.6) is 0 Å². The van der Waals surface area contributed by atoms with Gasteiger partial charge >= 0.3 is 0 Å². The normalized spacial score (nSPS) is 12.4. The molecule has 1 atom stereocenters. The summed E-state index contributed by atoms with van der Waals surface area (Å²) in [7, 11) is 0. The summed E-state index contributed by atoms with van der Waals surface area (Å²) < 4.78 is 14.4. The number of nitrogens with one attached hydrogen (secondary N) is 1. The van der Waals surface area contributed by atoms with Crippen molar-refractivity contribution in [2.45, 2.75) is 32.7 Å². The van der Waals surface area contributed by atoms with Gasteiger partial charge in [-0.2, -0.15) is 0 Å². The summed E-state index contributed by atoms with van der Waals surface area (Å²) in [6, 6.07) is 13.5. The second-order valence-electron chi connectivity index (χ2n) is 5.30. The van der Waals surface area contributed by atoms with E-state index in [1.54, 1.807) is 12.1 Å². The minimum Gasteiger partial charge on any atom is -0.310 e. The first-order chi connectivity index (χ1) is 10.1. The van der Waals surface area contributed by atoms with Gasteiger partial charge in [0.05, 0.1) is 0 Å². The molecule has 2 aromatic carbocycles. The van der Waals surface area contributed by atoms with Gasteiger partial charge in [-0.3, -0.25) is 0 Å². The zero-order valence-electron chi connectivity index (χ0n) is 12.5. The Morgan fingerprint density at radius 3 is 2.62 bits per heavy atom. The van der Waals surface area contributed by atoms with Gasteiger partial charge in [0.15, 0.2) is 0 Å². The van der Waals surface area contributed by atoms with Crippen LogP contribution in [0.25, 0.3) is 0 Å². The van der Waals surface area contributed by atoms with Gasteiger partial charge in [-0.05, 0) is 61.2 Å². The van der Waals surface area contributed by atoms with Crippen molar-refractivity contribution in [3.05, 3.63) is 69.4 Å². The quantitative estimate of drug-likeness (QED) is 0.757. The van der Waals surface area contributed by atoms with Gasteiger partial charge in [-0.15, -0.1) is 0 Å². The van der Waals surface area contributed by atoms with E-state index < -0.39 is 0 Å². The minimum atomic E-state index is -0.175. The molecule has 0 aromatic heterocycles. The largest absolute Gasteiger partial charge is 0.310 e. The van der Waals surface area contributed by atoms with Gasteiger partial charge in [0, 0.05) is 10.5 Å². The third-order valence-corrected chi connectivity index (χ3v) is 4.40. The van der Waals surface area contributed by atoms with Crippen molar-refractivity contribution < 1.29 is 4.39 Å². The summed E-state index contributed by atoms with van der Waals surface area (Å²) in [6.07, 6.45) is 1.96. The molecule has 0 heterocycles. The van der Waals surface area contributed by atoms with E-state index in [0.29, 0.717) is 0 Å². The second kappa shape index (κ2) is 7.71. The Kier molecular flexibility index (Phi) is 5.95. The molecule has 2 aromatic rings. The fraction of sp³-hybridized carbons (Fsp3) is 0.333. The fourth-order valence-corrected chi connectivity index (χ4v) is 2.97. The van der Waals surface area contributed by atoms with E-state index in [9.17, 15) is 4.39 Å². The van der Waals surface area contributed by atoms with Crippen molar-refractivity contribution >= 4 is 15.9 Å². The fourth-order valence-electron chi connectivity index (χ4n) is 2.52. The highest BCUT2D eigenvalue weighted by molar-refractivity contribution is 9.10. The molecule has 0 fully saturated rings. The van der Waals surface area contributed by atoms with Crippen LogP contribution in [0.3, 0.4) is 0 Å². The molecule has 0 bridgehead atoms. The molecule has 3 heteroatoms. The van der Waals surface area contributed by atoms with Crippen LogP contribution in [0.2, 0.25) is 0 Å². The smallest absolute Gasteiger partial charge is 0.123 e. The van der Waals surface area contributed by atoms with Crippen LogP contribution in [0.4, 0.5) is 4.39 Å². The Balaban J connectivity index is 2.27. The summed E-state index contributed by atoms with van der Waals surface area (Å²) in [6.45, 7) is 5.07. The average molecular weight is 350 g/mol. The third-order valence-electron chi connectivity index (χ3n) is 3.63. The first kappa shape index (κ1) is 16.2. The molecular formula is C18H21BrFN. The van der Waals surface area contributed by atoms with E-state index in [-0.39, 0.29) is 11.9 Å². The highest BCUT2D eigenvalue weighted by Crippen LogP contribution is 2.26. The molecule has 0 saturated carbocycles. The van der Waals surface area contributed by atoms with Gasteiger partial charge in [0.1, 0.15) is 5.82 Å². The van der Waals surface area contributed by atoms with Crippen molar-refractivity contribution in [1.82, 2.24) is 5.32 Å². The summed E-state index contributed by atoms with van der Waals surface area (Å²) in [5.74, 6) is -0.175. The monoisotopic (exact) mass is 349 g/mol. The molecule has 1 unspecified atom stereocenters. The van der Waals surface area contributed by atoms with Crippen molar-refractivity contribution in [2.24, 2.45) is 0 Å². The lowest BCUT2D eigenvalue weighted by Crippen LogP contribution is -2.25. The van der Waals surface area contributed by atoms with E-state index in [4.69, 9.17) is 0 Å². The molecule has 0 aliphatic rings. The van der Waals surface area contributed by atoms with Crippen LogP contribution < -0.4 is 5.32 Å². The Morgan fingerprint density at radius 1 is 1.19 bits per heavy atom. The Labute approximate surface area is 134 Å². The predicted octanol–water partition coefficient (Wildman–Crippen LogP) is 5.18. The maximum Gasteiger partial charge on any atom is 0.123 e. The zero-order chi connectivity index (χ0) is 15.2. The van der Waals surface area contributed by atoms with Crippen LogP contribution in [0, 0.1) is 12.7 Å². The van der Waals surface area contributed by atoms with Crippen molar-refractivity contribution in [2.75, 3.05) is 6.54 Å². The van der Waals surface area contributed by atoms with Gasteiger partial charge in [0.25, 0.3) is 0 Å². The Morgan fingerprint density at radius 2 is 1.95 bits per heavy atom. The molecule has 112 valence electrons. The lowest BCUT2D eigenvalue weighted by atomic mass is 9.95. The van der Waals surface area contributed by atoms with Crippen LogP contribution in [-0.2, 0) is 6.42 Å². The maximum atomic E-state index is 13.3. The number of hydrogen-bond donors (Lipinski definition) is 1. The zero-order valence-corrected chi connectivity index (χ0v) is 14.1. The highest BCUT2D eigenvalue weighted by Gasteiger charge is 2.15. The summed E-state index contributed by atoms with van der Waals surface area (Å²) >= 11 is 3.61. The molecule has 0 aliphatic heterocycles. The molecule has 1 nitrogen and oxygen atoms in total. The standard InChI is InChI=1S/C18H21BrFN/c1-3-10-21-18(12-14-6-4-5-7-17(14)19)16-9-8-15(20)11-13(16)2/h4-9,11,18,21H,3,10,12H2,1-2H3. The van der Waals surface area contributed by atoms with Crippen molar-refractivity contribution in [3.63, 3.8) is 0 Å². The Bertz CT molecular complexity index is 598. The van der Waals surface area contributed by atoms with E-state index in [1.807, 2.05) is 19.1 Å². The van der Waals surface area contributed by atoms with Gasteiger partial charge < -0.3 is 5.32 Å². The number of rotatable bonds is 6. The van der Waals surface area contributed by atoms with E-state index >= 15 is 0 Å². The van der Waals surface area contributed by atoms with Gasteiger partial charge in [0.2, 0.25) is 0 Å². The molecule has 0 radical (unpaired) electrons. The number of hydrogen-bond acceptors (Lipinski definition) is 1. The molecule has 2 rings (SSSR count). The van der Waals surface area contributed by atoms with E-state index in [2.05, 4.69) is 46.4 Å². The lowest BCUT2D eigenvalue weighted by Gasteiger charge is -2.22. The number of halogens is 2. The SMILES string of the molecule is CCCNC(Cc1ccccc1Br)c1ccc(F)cc1C. The first-order valence-electron chi connectivity index (χ1n) is 7.34. The molecule has 0 saturated heterocycles. The van der Waals surface area contributed by atoms with Crippen LogP contribution >= 0.6 is 15.9 Å². The van der Waals surface area contributed by atoms with Gasteiger partial charge in [-0.1, -0.05) is 47.1 Å². The molecule has 0 amide bonds. The summed E-state index contributed by atoms with van der Waals surface area (Å²) in [5.41, 5.74) is 3.42. The van der Waals surface area contributed by atoms with Gasteiger partial charge in [-0.25, -0.2) is 4.39 Å². The van der Waals surface area contributed by atoms with Crippen LogP contribution in [0.1, 0.15) is 36.1 Å². The third kappa shape index (κ3) is 4.39. The van der Waals surface area contributed by atoms with Crippen LogP contribution in [-0.4, -0.2) is 6.54 Å². The Hall–Kier alpha value is -1.19. The van der Waals surface area contributed by atoms with E-state index in [1.165, 1.54) is 11.1 Å². The molecule has 0 spiro atoms. The number of aryl methyl sites for hydroxylation is 1. The second-order valence-corrected chi connectivity index (χ2v) is 6.16. The molecular weight excluding hydrogens is 329 g/mol. The predicted molar refractivity (Wildman–Crippen MR) is 90.0 cm³/mol. The van der Waals surface area contributed by atoms with Crippen LogP contribution in [0.15, 0.2) is 46.9 Å². The lowest BCUT2D eigenvalue weighted by molar-refractivity contribution is 0.524. The highest BCUT2D eigenvalue weighted by atomic mass is 79.9. The number of benzene rings is 2. The molecule has 21 heavy (non-hydrogen) atoms. The average Bonchev–Trinajstić information content (AvgIpc) is 2.46. The van der Waals surface area contributed by atoms with Crippen molar-refractivity contribution in [3.8, 4) is 0 Å². The molecule has 0 aliphatic carbocycles. The molecule has 1 N–H and O–H groups in total. The first-order valence-corrected chi connectivity index (χ1v) is 8.14. The minimum absolute atomic E-state index is 0.175. The van der Waals surface area contributed by atoms with E-state index in [0.717, 1.165) is 29.4 Å². The summed E-state index contributed by atoms with van der Waals surface area (Å²) in [4.78, 5) is 0. The topological polar surface area (TPSA) is 12.0 Å². The maximum absolute atomic E-state index is 13.3. The summed E-state index contributed by atoms with van der Waals surface area (Å²) in [5, 5.41) is 3.58.